The lowest BCUT2D eigenvalue weighted by atomic mass is 10.3. The van der Waals surface area contributed by atoms with Crippen molar-refractivity contribution in [1.82, 2.24) is 0 Å². The van der Waals surface area contributed by atoms with Gasteiger partial charge in [0.15, 0.2) is 0 Å². The first-order valence-electron chi connectivity index (χ1n) is 3.23. The van der Waals surface area contributed by atoms with Gasteiger partial charge < -0.3 is 5.11 Å². The van der Waals surface area contributed by atoms with Gasteiger partial charge in [-0.05, 0) is 19.3 Å². The van der Waals surface area contributed by atoms with E-state index in [9.17, 15) is 0 Å². The molecule has 54 valence electrons. The third-order valence-electron chi connectivity index (χ3n) is 0.971. The number of unbranched alkanes of at least 4 members (excludes halogenated alkanes) is 1. The van der Waals surface area contributed by atoms with Crippen LogP contribution in [0.4, 0.5) is 0 Å². The Hall–Kier alpha value is 0.430. The Bertz CT molecular complexity index is 71.3. The fourth-order valence-electron chi connectivity index (χ4n) is 0.508. The summed E-state index contributed by atoms with van der Waals surface area (Å²) in [5, 5.41) is 8.39. The zero-order valence-corrected chi connectivity index (χ0v) is 7.67. The van der Waals surface area contributed by atoms with E-state index in [2.05, 4.69) is 34.7 Å². The standard InChI is InChI=1S/C7H13IO/c8-6-4-2-1-3-5-7-9/h1-2,9H,3-7H2. The average Bonchev–Trinajstić information content (AvgIpc) is 1.89. The molecule has 0 rings (SSSR count). The van der Waals surface area contributed by atoms with E-state index in [-0.39, 0.29) is 0 Å². The van der Waals surface area contributed by atoms with Crippen molar-refractivity contribution in [2.45, 2.75) is 19.3 Å². The molecule has 0 aromatic rings. The largest absolute Gasteiger partial charge is 0.396 e. The molecule has 0 aliphatic rings. The lowest BCUT2D eigenvalue weighted by Crippen LogP contribution is -1.78. The highest BCUT2D eigenvalue weighted by molar-refractivity contribution is 14.1. The van der Waals surface area contributed by atoms with E-state index in [1.54, 1.807) is 0 Å². The molecule has 0 atom stereocenters. The van der Waals surface area contributed by atoms with Crippen LogP contribution in [-0.2, 0) is 0 Å². The molecule has 1 nitrogen and oxygen atoms in total. The Morgan fingerprint density at radius 3 is 2.44 bits per heavy atom. The number of alkyl halides is 1. The second kappa shape index (κ2) is 8.43. The first-order chi connectivity index (χ1) is 4.41. The van der Waals surface area contributed by atoms with Crippen LogP contribution >= 0.6 is 22.6 Å². The van der Waals surface area contributed by atoms with Crippen molar-refractivity contribution in [2.24, 2.45) is 0 Å². The van der Waals surface area contributed by atoms with E-state index in [4.69, 9.17) is 5.11 Å². The normalized spacial score (nSPS) is 10.9. The number of hydrogen-bond donors (Lipinski definition) is 1. The molecule has 0 fully saturated rings. The quantitative estimate of drug-likeness (QED) is 0.338. The van der Waals surface area contributed by atoms with E-state index < -0.39 is 0 Å². The summed E-state index contributed by atoms with van der Waals surface area (Å²) in [4.78, 5) is 0. The molecular formula is C7H13IO. The van der Waals surface area contributed by atoms with Crippen LogP contribution in [0.1, 0.15) is 19.3 Å². The van der Waals surface area contributed by atoms with Gasteiger partial charge in [-0.25, -0.2) is 0 Å². The van der Waals surface area contributed by atoms with E-state index in [0.717, 1.165) is 19.3 Å². The van der Waals surface area contributed by atoms with Gasteiger partial charge in [0, 0.05) is 11.0 Å². The Labute approximate surface area is 70.3 Å². The lowest BCUT2D eigenvalue weighted by molar-refractivity contribution is 0.289. The Morgan fingerprint density at radius 2 is 1.89 bits per heavy atom. The van der Waals surface area contributed by atoms with Gasteiger partial charge in [-0.2, -0.15) is 0 Å². The van der Waals surface area contributed by atoms with Crippen LogP contribution in [0.15, 0.2) is 12.2 Å². The van der Waals surface area contributed by atoms with Gasteiger partial charge in [-0.1, -0.05) is 34.7 Å². The molecular weight excluding hydrogens is 227 g/mol. The maximum atomic E-state index is 8.39. The van der Waals surface area contributed by atoms with Crippen LogP contribution in [0, 0.1) is 0 Å². The van der Waals surface area contributed by atoms with Crippen LogP contribution in [-0.4, -0.2) is 16.1 Å². The van der Waals surface area contributed by atoms with E-state index in [1.807, 2.05) is 0 Å². The summed E-state index contributed by atoms with van der Waals surface area (Å²) in [6.45, 7) is 0.314. The molecule has 1 N–H and O–H groups in total. The summed E-state index contributed by atoms with van der Waals surface area (Å²) < 4.78 is 1.19. The molecule has 0 saturated heterocycles. The molecule has 0 amide bonds. The SMILES string of the molecule is OCCCC=CCCI. The Kier molecular flexibility index (Phi) is 8.83. The molecule has 0 heterocycles. The van der Waals surface area contributed by atoms with Crippen molar-refractivity contribution in [3.05, 3.63) is 12.2 Å². The molecule has 0 aliphatic carbocycles. The topological polar surface area (TPSA) is 20.2 Å². The van der Waals surface area contributed by atoms with Gasteiger partial charge in [-0.3, -0.25) is 0 Å². The summed E-state index contributed by atoms with van der Waals surface area (Å²) in [5.41, 5.74) is 0. The summed E-state index contributed by atoms with van der Waals surface area (Å²) >= 11 is 2.35. The highest BCUT2D eigenvalue weighted by Crippen LogP contribution is 1.93. The zero-order valence-electron chi connectivity index (χ0n) is 5.52. The number of aliphatic hydroxyl groups excluding tert-OH is 1. The number of hydrogen-bond acceptors (Lipinski definition) is 1. The second-order valence-corrected chi connectivity index (χ2v) is 2.89. The highest BCUT2D eigenvalue weighted by atomic mass is 127. The van der Waals surface area contributed by atoms with Crippen molar-refractivity contribution in [3.8, 4) is 0 Å². The first kappa shape index (κ1) is 9.43. The predicted octanol–water partition coefficient (Wildman–Crippen LogP) is 2.14. The summed E-state index contributed by atoms with van der Waals surface area (Å²) in [5.74, 6) is 0. The Morgan fingerprint density at radius 1 is 1.22 bits per heavy atom. The average molecular weight is 240 g/mol. The van der Waals surface area contributed by atoms with Gasteiger partial charge in [0.1, 0.15) is 0 Å². The van der Waals surface area contributed by atoms with Crippen molar-refractivity contribution in [1.29, 1.82) is 0 Å². The molecule has 0 bridgehead atoms. The maximum Gasteiger partial charge on any atom is 0.0433 e. The summed E-state index contributed by atoms with van der Waals surface area (Å²) in [6, 6.07) is 0. The lowest BCUT2D eigenvalue weighted by Gasteiger charge is -1.86. The molecule has 0 radical (unpaired) electrons. The fourth-order valence-corrected chi connectivity index (χ4v) is 0.867. The molecule has 0 unspecified atom stereocenters. The minimum Gasteiger partial charge on any atom is -0.396 e. The molecule has 0 aromatic carbocycles. The number of allylic oxidation sites excluding steroid dienone is 2. The van der Waals surface area contributed by atoms with Crippen molar-refractivity contribution >= 4 is 22.6 Å². The van der Waals surface area contributed by atoms with Gasteiger partial charge >= 0.3 is 0 Å². The molecule has 0 aliphatic heterocycles. The molecule has 2 heteroatoms. The maximum absolute atomic E-state index is 8.39. The summed E-state index contributed by atoms with van der Waals surface area (Å²) in [6.07, 6.45) is 7.38. The monoisotopic (exact) mass is 240 g/mol. The van der Waals surface area contributed by atoms with Crippen LogP contribution in [0.2, 0.25) is 0 Å². The first-order valence-corrected chi connectivity index (χ1v) is 4.76. The molecule has 0 spiro atoms. The van der Waals surface area contributed by atoms with Gasteiger partial charge in [-0.15, -0.1) is 0 Å². The molecule has 0 aromatic heterocycles. The molecule has 9 heavy (non-hydrogen) atoms. The number of rotatable bonds is 5. The summed E-state index contributed by atoms with van der Waals surface area (Å²) in [7, 11) is 0. The van der Waals surface area contributed by atoms with E-state index >= 15 is 0 Å². The predicted molar refractivity (Wildman–Crippen MR) is 49.0 cm³/mol. The van der Waals surface area contributed by atoms with Crippen LogP contribution in [0.25, 0.3) is 0 Å². The molecule has 0 saturated carbocycles. The second-order valence-electron chi connectivity index (χ2n) is 1.81. The van der Waals surface area contributed by atoms with Crippen LogP contribution < -0.4 is 0 Å². The zero-order chi connectivity index (χ0) is 6.95. The number of halogens is 1. The van der Waals surface area contributed by atoms with Crippen molar-refractivity contribution in [3.63, 3.8) is 0 Å². The third-order valence-corrected chi connectivity index (χ3v) is 1.59. The van der Waals surface area contributed by atoms with E-state index in [0.29, 0.717) is 6.61 Å². The fraction of sp³-hybridized carbons (Fsp3) is 0.714. The smallest absolute Gasteiger partial charge is 0.0433 e. The van der Waals surface area contributed by atoms with E-state index in [1.165, 1.54) is 4.43 Å². The minimum atomic E-state index is 0.314. The number of aliphatic hydroxyl groups is 1. The minimum absolute atomic E-state index is 0.314. The highest BCUT2D eigenvalue weighted by Gasteiger charge is 1.77. The Balaban J connectivity index is 2.86. The van der Waals surface area contributed by atoms with Gasteiger partial charge in [0.25, 0.3) is 0 Å². The van der Waals surface area contributed by atoms with Gasteiger partial charge in [0.05, 0.1) is 0 Å². The third kappa shape index (κ3) is 8.43. The van der Waals surface area contributed by atoms with Gasteiger partial charge in [0.2, 0.25) is 0 Å². The van der Waals surface area contributed by atoms with Crippen molar-refractivity contribution < 1.29 is 5.11 Å². The van der Waals surface area contributed by atoms with Crippen molar-refractivity contribution in [2.75, 3.05) is 11.0 Å². The van der Waals surface area contributed by atoms with Crippen LogP contribution in [0.5, 0.6) is 0 Å². The van der Waals surface area contributed by atoms with Crippen LogP contribution in [0.3, 0.4) is 0 Å².